The van der Waals surface area contributed by atoms with Crippen LogP contribution in [0.5, 0.6) is 0 Å². The molecule has 0 unspecified atom stereocenters. The zero-order valence-electron chi connectivity index (χ0n) is 13.7. The summed E-state index contributed by atoms with van der Waals surface area (Å²) in [7, 11) is 0. The second-order valence-corrected chi connectivity index (χ2v) is 6.19. The lowest BCUT2D eigenvalue weighted by molar-refractivity contribution is -0.116. The Kier molecular flexibility index (Phi) is 7.10. The van der Waals surface area contributed by atoms with E-state index < -0.39 is 0 Å². The molecule has 2 aromatic rings. The minimum atomic E-state index is -0.289. The van der Waals surface area contributed by atoms with Crippen LogP contribution in [0.1, 0.15) is 18.9 Å². The van der Waals surface area contributed by atoms with Gasteiger partial charge in [0.05, 0.1) is 0 Å². The van der Waals surface area contributed by atoms with Gasteiger partial charge in [-0.15, -0.1) is 0 Å². The fourth-order valence-corrected chi connectivity index (χ4v) is 2.71. The Balaban J connectivity index is 1.90. The molecule has 0 saturated carbocycles. The summed E-state index contributed by atoms with van der Waals surface area (Å²) in [6, 6.07) is 11.9. The van der Waals surface area contributed by atoms with Gasteiger partial charge in [0.25, 0.3) is 0 Å². The monoisotopic (exact) mass is 379 g/mol. The molecule has 2 rings (SSSR count). The van der Waals surface area contributed by atoms with Gasteiger partial charge in [-0.3, -0.25) is 4.79 Å². The van der Waals surface area contributed by atoms with Crippen LogP contribution < -0.4 is 16.0 Å². The van der Waals surface area contributed by atoms with Gasteiger partial charge >= 0.3 is 6.03 Å². The first-order chi connectivity index (χ1) is 12.0. The van der Waals surface area contributed by atoms with Crippen molar-refractivity contribution in [3.05, 3.63) is 58.1 Å². The van der Waals surface area contributed by atoms with Gasteiger partial charge in [0.1, 0.15) is 0 Å². The van der Waals surface area contributed by atoms with E-state index >= 15 is 0 Å². The van der Waals surface area contributed by atoms with Crippen molar-refractivity contribution >= 4 is 46.5 Å². The second kappa shape index (κ2) is 9.30. The highest BCUT2D eigenvalue weighted by atomic mass is 35.5. The number of carbonyl (C=O) groups excluding carboxylic acids is 2. The molecule has 0 aliphatic rings. The predicted molar refractivity (Wildman–Crippen MR) is 103 cm³/mol. The van der Waals surface area contributed by atoms with Crippen molar-refractivity contribution in [2.24, 2.45) is 0 Å². The Bertz CT molecular complexity index is 766. The van der Waals surface area contributed by atoms with Crippen LogP contribution in [0.25, 0.3) is 0 Å². The van der Waals surface area contributed by atoms with Crippen LogP contribution in [0, 0.1) is 0 Å². The molecule has 5 nitrogen and oxygen atoms in total. The fraction of sp³-hybridized carbons (Fsp3) is 0.222. The quantitative estimate of drug-likeness (QED) is 0.680. The molecular formula is C18H19Cl2N3O2. The van der Waals surface area contributed by atoms with Crippen LogP contribution in [0.15, 0.2) is 42.5 Å². The first kappa shape index (κ1) is 19.1. The third-order valence-corrected chi connectivity index (χ3v) is 3.96. The van der Waals surface area contributed by atoms with Crippen molar-refractivity contribution in [1.82, 2.24) is 5.32 Å². The van der Waals surface area contributed by atoms with Gasteiger partial charge in [-0.2, -0.15) is 0 Å². The summed E-state index contributed by atoms with van der Waals surface area (Å²) >= 11 is 12.0. The van der Waals surface area contributed by atoms with Crippen molar-refractivity contribution in [3.63, 3.8) is 0 Å². The maximum absolute atomic E-state index is 12.1. The first-order valence-electron chi connectivity index (χ1n) is 7.86. The van der Waals surface area contributed by atoms with Crippen LogP contribution in [0.3, 0.4) is 0 Å². The average Bonchev–Trinajstić information content (AvgIpc) is 2.54. The number of halogens is 2. The summed E-state index contributed by atoms with van der Waals surface area (Å²) in [5.41, 5.74) is 2.08. The summed E-state index contributed by atoms with van der Waals surface area (Å²) < 4.78 is 0. The Morgan fingerprint density at radius 3 is 2.40 bits per heavy atom. The van der Waals surface area contributed by atoms with Gasteiger partial charge in [-0.05, 0) is 49.2 Å². The van der Waals surface area contributed by atoms with E-state index in [2.05, 4.69) is 16.0 Å². The molecule has 0 atom stereocenters. The molecule has 0 heterocycles. The Labute approximate surface area is 156 Å². The molecule has 3 amide bonds. The van der Waals surface area contributed by atoms with Crippen LogP contribution >= 0.6 is 23.2 Å². The van der Waals surface area contributed by atoms with Gasteiger partial charge in [0.15, 0.2) is 0 Å². The Morgan fingerprint density at radius 1 is 1.00 bits per heavy atom. The molecule has 0 saturated heterocycles. The van der Waals surface area contributed by atoms with Gasteiger partial charge in [0, 0.05) is 34.4 Å². The van der Waals surface area contributed by atoms with Crippen molar-refractivity contribution in [2.75, 3.05) is 17.2 Å². The van der Waals surface area contributed by atoms with Gasteiger partial charge in [0.2, 0.25) is 5.91 Å². The lowest BCUT2D eigenvalue weighted by Gasteiger charge is -2.09. The van der Waals surface area contributed by atoms with E-state index in [4.69, 9.17) is 23.2 Å². The average molecular weight is 380 g/mol. The molecule has 0 spiro atoms. The summed E-state index contributed by atoms with van der Waals surface area (Å²) in [5, 5.41) is 9.26. The van der Waals surface area contributed by atoms with E-state index in [1.54, 1.807) is 36.4 Å². The number of amides is 3. The molecule has 3 N–H and O–H groups in total. The zero-order chi connectivity index (χ0) is 18.2. The predicted octanol–water partition coefficient (Wildman–Crippen LogP) is 4.71. The zero-order valence-corrected chi connectivity index (χ0v) is 15.2. The topological polar surface area (TPSA) is 70.2 Å². The van der Waals surface area contributed by atoms with E-state index in [0.29, 0.717) is 34.4 Å². The van der Waals surface area contributed by atoms with Crippen LogP contribution in [-0.2, 0) is 11.2 Å². The molecule has 25 heavy (non-hydrogen) atoms. The van der Waals surface area contributed by atoms with E-state index in [-0.39, 0.29) is 18.4 Å². The van der Waals surface area contributed by atoms with Gasteiger partial charge in [-0.25, -0.2) is 4.79 Å². The van der Waals surface area contributed by atoms with Crippen molar-refractivity contribution in [1.29, 1.82) is 0 Å². The van der Waals surface area contributed by atoms with Crippen molar-refractivity contribution in [3.8, 4) is 0 Å². The number of rotatable bonds is 6. The lowest BCUT2D eigenvalue weighted by Crippen LogP contribution is -2.28. The lowest BCUT2D eigenvalue weighted by atomic mass is 10.1. The molecular weight excluding hydrogens is 361 g/mol. The minimum absolute atomic E-state index is 0.138. The number of hydrogen-bond donors (Lipinski definition) is 3. The van der Waals surface area contributed by atoms with E-state index in [0.717, 1.165) is 5.56 Å². The number of hydrogen-bond acceptors (Lipinski definition) is 2. The third kappa shape index (κ3) is 6.29. The summed E-state index contributed by atoms with van der Waals surface area (Å²) in [6.07, 6.45) is 0.800. The number of nitrogens with one attached hydrogen (secondary N) is 3. The molecule has 0 fully saturated rings. The normalized spacial score (nSPS) is 10.2. The Hall–Kier alpha value is -2.24. The second-order valence-electron chi connectivity index (χ2n) is 5.35. The number of carbonyl (C=O) groups is 2. The molecule has 0 bridgehead atoms. The van der Waals surface area contributed by atoms with Gasteiger partial charge in [-0.1, -0.05) is 35.3 Å². The number of anilines is 2. The third-order valence-electron chi connectivity index (χ3n) is 3.38. The van der Waals surface area contributed by atoms with Crippen LogP contribution in [0.2, 0.25) is 10.0 Å². The van der Waals surface area contributed by atoms with Crippen molar-refractivity contribution in [2.45, 2.75) is 19.8 Å². The minimum Gasteiger partial charge on any atom is -0.338 e. The Morgan fingerprint density at radius 2 is 1.72 bits per heavy atom. The smallest absolute Gasteiger partial charge is 0.319 e. The molecule has 7 heteroatoms. The maximum Gasteiger partial charge on any atom is 0.319 e. The van der Waals surface area contributed by atoms with E-state index in [9.17, 15) is 9.59 Å². The number of benzene rings is 2. The van der Waals surface area contributed by atoms with E-state index in [1.165, 1.54) is 0 Å². The highest BCUT2D eigenvalue weighted by Gasteiger charge is 2.07. The SMILES string of the molecule is CCNC(=O)Nc1cccc(NC(=O)CCc2ccc(Cl)cc2Cl)c1. The molecule has 0 aliphatic heterocycles. The first-order valence-corrected chi connectivity index (χ1v) is 8.62. The van der Waals surface area contributed by atoms with Crippen LogP contribution in [0.4, 0.5) is 16.2 Å². The summed E-state index contributed by atoms with van der Waals surface area (Å²) in [5.74, 6) is -0.138. The molecule has 0 radical (unpaired) electrons. The van der Waals surface area contributed by atoms with Crippen LogP contribution in [-0.4, -0.2) is 18.5 Å². The van der Waals surface area contributed by atoms with E-state index in [1.807, 2.05) is 13.0 Å². The summed E-state index contributed by atoms with van der Waals surface area (Å²) in [6.45, 7) is 2.37. The summed E-state index contributed by atoms with van der Waals surface area (Å²) in [4.78, 5) is 23.6. The maximum atomic E-state index is 12.1. The largest absolute Gasteiger partial charge is 0.338 e. The number of urea groups is 1. The van der Waals surface area contributed by atoms with Crippen molar-refractivity contribution < 1.29 is 9.59 Å². The molecule has 0 aromatic heterocycles. The fourth-order valence-electron chi connectivity index (χ4n) is 2.21. The molecule has 132 valence electrons. The standard InChI is InChI=1S/C18H19Cl2N3O2/c1-2-21-18(25)23-15-5-3-4-14(11-15)22-17(24)9-7-12-6-8-13(19)10-16(12)20/h3-6,8,10-11H,2,7,9H2,1H3,(H,22,24)(H2,21,23,25). The number of aryl methyl sites for hydroxylation is 1. The molecule has 0 aliphatic carbocycles. The highest BCUT2D eigenvalue weighted by molar-refractivity contribution is 6.35. The molecule has 2 aromatic carbocycles. The highest BCUT2D eigenvalue weighted by Crippen LogP contribution is 2.22. The van der Waals surface area contributed by atoms with Gasteiger partial charge < -0.3 is 16.0 Å².